The maximum absolute atomic E-state index is 12.4. The highest BCUT2D eigenvalue weighted by Gasteiger charge is 2.17. The Labute approximate surface area is 133 Å². The zero-order valence-corrected chi connectivity index (χ0v) is 13.4. The van der Waals surface area contributed by atoms with Crippen LogP contribution in [-0.4, -0.2) is 14.4 Å². The van der Waals surface area contributed by atoms with E-state index in [2.05, 4.69) is 25.8 Å². The first-order valence-electron chi connectivity index (χ1n) is 7.66. The quantitative estimate of drug-likeness (QED) is 0.465. The van der Waals surface area contributed by atoms with E-state index >= 15 is 0 Å². The van der Waals surface area contributed by atoms with Gasteiger partial charge in [0.2, 0.25) is 0 Å². The molecular weight excluding hydrogens is 286 g/mol. The van der Waals surface area contributed by atoms with Crippen LogP contribution in [0.25, 0.3) is 27.5 Å². The van der Waals surface area contributed by atoms with E-state index in [1.54, 1.807) is 0 Å². The Morgan fingerprint density at radius 1 is 0.870 bits per heavy atom. The molecule has 0 fully saturated rings. The number of fused-ring (bicyclic) bond motifs is 5. The molecule has 1 aromatic carbocycles. The van der Waals surface area contributed by atoms with Crippen molar-refractivity contribution in [3.63, 3.8) is 0 Å². The summed E-state index contributed by atoms with van der Waals surface area (Å²) in [5, 5.41) is 2.56. The molecule has 114 valence electrons. The van der Waals surface area contributed by atoms with E-state index in [0.717, 1.165) is 16.5 Å². The third kappa shape index (κ3) is 2.10. The molecule has 0 saturated carbocycles. The van der Waals surface area contributed by atoms with Crippen molar-refractivity contribution in [3.8, 4) is 0 Å². The van der Waals surface area contributed by atoms with E-state index in [4.69, 9.17) is 4.98 Å². The Balaban J connectivity index is 2.23. The monoisotopic (exact) mass is 303 g/mol. The van der Waals surface area contributed by atoms with Crippen LogP contribution in [0, 0.1) is 0 Å². The Bertz CT molecular complexity index is 1120. The van der Waals surface area contributed by atoms with Gasteiger partial charge in [0.05, 0.1) is 5.39 Å². The summed E-state index contributed by atoms with van der Waals surface area (Å²) in [7, 11) is 0. The van der Waals surface area contributed by atoms with Gasteiger partial charge in [-0.25, -0.2) is 4.98 Å². The molecular formula is C19H17N3O. The topological polar surface area (TPSA) is 47.3 Å². The lowest BCUT2D eigenvalue weighted by atomic mass is 9.91. The number of nitrogens with zero attached hydrogens (tertiary/aromatic N) is 3. The van der Waals surface area contributed by atoms with Crippen LogP contribution in [0.2, 0.25) is 0 Å². The van der Waals surface area contributed by atoms with Gasteiger partial charge < -0.3 is 0 Å². The van der Waals surface area contributed by atoms with Crippen LogP contribution in [0.15, 0.2) is 53.5 Å². The van der Waals surface area contributed by atoms with E-state index in [0.29, 0.717) is 16.7 Å². The van der Waals surface area contributed by atoms with E-state index in [1.807, 2.05) is 53.1 Å². The van der Waals surface area contributed by atoms with Gasteiger partial charge in [0.25, 0.3) is 5.56 Å². The van der Waals surface area contributed by atoms with Crippen LogP contribution in [0.4, 0.5) is 0 Å². The number of hydrogen-bond donors (Lipinski definition) is 0. The van der Waals surface area contributed by atoms with Crippen LogP contribution in [0.5, 0.6) is 0 Å². The van der Waals surface area contributed by atoms with Gasteiger partial charge in [-0.15, -0.1) is 0 Å². The van der Waals surface area contributed by atoms with Gasteiger partial charge in [0.1, 0.15) is 5.65 Å². The van der Waals surface area contributed by atoms with Crippen LogP contribution < -0.4 is 5.56 Å². The van der Waals surface area contributed by atoms with Gasteiger partial charge in [-0.2, -0.15) is 4.98 Å². The normalized spacial score (nSPS) is 12.3. The van der Waals surface area contributed by atoms with Crippen molar-refractivity contribution in [1.29, 1.82) is 0 Å². The molecule has 0 aliphatic carbocycles. The van der Waals surface area contributed by atoms with Crippen molar-refractivity contribution in [3.05, 3.63) is 64.7 Å². The molecule has 4 aromatic rings. The first kappa shape index (κ1) is 13.9. The van der Waals surface area contributed by atoms with E-state index in [9.17, 15) is 4.79 Å². The van der Waals surface area contributed by atoms with Crippen LogP contribution in [-0.2, 0) is 5.41 Å². The van der Waals surface area contributed by atoms with E-state index < -0.39 is 0 Å². The van der Waals surface area contributed by atoms with Crippen molar-refractivity contribution >= 4 is 27.5 Å². The molecule has 3 aromatic heterocycles. The lowest BCUT2D eigenvalue weighted by Crippen LogP contribution is -2.17. The van der Waals surface area contributed by atoms with Gasteiger partial charge >= 0.3 is 0 Å². The fourth-order valence-electron chi connectivity index (χ4n) is 2.86. The van der Waals surface area contributed by atoms with Gasteiger partial charge in [0.15, 0.2) is 5.65 Å². The van der Waals surface area contributed by atoms with E-state index in [-0.39, 0.29) is 11.0 Å². The standard InChI is InChI=1S/C19H17N3O/c1-19(2,3)15-9-8-14-17(20-15)22-11-10-12-6-4-5-7-13(12)16(22)21-18(14)23/h4-11H,1-3H3. The first-order chi connectivity index (χ1) is 10.9. The molecule has 3 heterocycles. The summed E-state index contributed by atoms with van der Waals surface area (Å²) in [5.74, 6) is 0. The van der Waals surface area contributed by atoms with Gasteiger partial charge in [-0.3, -0.25) is 9.20 Å². The lowest BCUT2D eigenvalue weighted by molar-refractivity contribution is 0.570. The lowest BCUT2D eigenvalue weighted by Gasteiger charge is -2.18. The molecule has 0 N–H and O–H groups in total. The summed E-state index contributed by atoms with van der Waals surface area (Å²) < 4.78 is 1.91. The molecule has 23 heavy (non-hydrogen) atoms. The summed E-state index contributed by atoms with van der Waals surface area (Å²) in [6, 6.07) is 13.7. The maximum Gasteiger partial charge on any atom is 0.282 e. The molecule has 0 amide bonds. The average molecular weight is 303 g/mol. The zero-order valence-electron chi connectivity index (χ0n) is 13.4. The second-order valence-electron chi connectivity index (χ2n) is 6.83. The third-order valence-electron chi connectivity index (χ3n) is 4.14. The predicted octanol–water partition coefficient (Wildman–Crippen LogP) is 3.69. The highest BCUT2D eigenvalue weighted by molar-refractivity contribution is 5.95. The minimum Gasteiger partial charge on any atom is -0.285 e. The highest BCUT2D eigenvalue weighted by Crippen LogP contribution is 2.24. The van der Waals surface area contributed by atoms with Crippen LogP contribution in [0.1, 0.15) is 26.5 Å². The smallest absolute Gasteiger partial charge is 0.282 e. The molecule has 0 aliphatic heterocycles. The Morgan fingerprint density at radius 2 is 1.61 bits per heavy atom. The summed E-state index contributed by atoms with van der Waals surface area (Å²) >= 11 is 0. The van der Waals surface area contributed by atoms with Gasteiger partial charge in [-0.05, 0) is 23.6 Å². The molecule has 0 spiro atoms. The molecule has 0 saturated heterocycles. The molecule has 0 bridgehead atoms. The van der Waals surface area contributed by atoms with Crippen molar-refractivity contribution in [2.45, 2.75) is 26.2 Å². The number of aromatic nitrogens is 3. The Morgan fingerprint density at radius 3 is 2.39 bits per heavy atom. The zero-order chi connectivity index (χ0) is 16.2. The maximum atomic E-state index is 12.4. The Hall–Kier alpha value is -2.75. The van der Waals surface area contributed by atoms with Crippen LogP contribution in [0.3, 0.4) is 0 Å². The van der Waals surface area contributed by atoms with E-state index in [1.165, 1.54) is 0 Å². The summed E-state index contributed by atoms with van der Waals surface area (Å²) in [4.78, 5) is 21.5. The summed E-state index contributed by atoms with van der Waals surface area (Å²) in [6.45, 7) is 6.34. The van der Waals surface area contributed by atoms with Crippen molar-refractivity contribution in [2.24, 2.45) is 0 Å². The molecule has 0 aliphatic rings. The summed E-state index contributed by atoms with van der Waals surface area (Å²) in [6.07, 6.45) is 1.94. The first-order valence-corrected chi connectivity index (χ1v) is 7.66. The third-order valence-corrected chi connectivity index (χ3v) is 4.14. The second kappa shape index (κ2) is 4.62. The number of rotatable bonds is 0. The van der Waals surface area contributed by atoms with Gasteiger partial charge in [-0.1, -0.05) is 45.0 Å². The number of pyridine rings is 2. The SMILES string of the molecule is CC(C)(C)c1ccc2c(=O)nc3c4ccccc4ccn3c2n1. The minimum absolute atomic E-state index is 0.0791. The van der Waals surface area contributed by atoms with Crippen molar-refractivity contribution in [2.75, 3.05) is 0 Å². The fraction of sp³-hybridized carbons (Fsp3) is 0.211. The molecule has 4 heteroatoms. The number of hydrogen-bond acceptors (Lipinski definition) is 3. The number of benzene rings is 1. The average Bonchev–Trinajstić information content (AvgIpc) is 2.53. The predicted molar refractivity (Wildman–Crippen MR) is 93.0 cm³/mol. The van der Waals surface area contributed by atoms with Crippen molar-refractivity contribution < 1.29 is 0 Å². The molecule has 0 radical (unpaired) electrons. The summed E-state index contributed by atoms with van der Waals surface area (Å²) in [5.41, 5.74) is 1.96. The molecule has 0 atom stereocenters. The Kier molecular flexibility index (Phi) is 2.79. The molecule has 4 nitrogen and oxygen atoms in total. The fourth-order valence-corrected chi connectivity index (χ4v) is 2.86. The highest BCUT2D eigenvalue weighted by atomic mass is 16.1. The second-order valence-corrected chi connectivity index (χ2v) is 6.83. The van der Waals surface area contributed by atoms with Crippen LogP contribution >= 0.6 is 0 Å². The van der Waals surface area contributed by atoms with Gasteiger partial charge in [0, 0.05) is 22.7 Å². The van der Waals surface area contributed by atoms with Crippen molar-refractivity contribution in [1.82, 2.24) is 14.4 Å². The minimum atomic E-state index is -0.232. The largest absolute Gasteiger partial charge is 0.285 e. The molecule has 4 rings (SSSR count). The molecule has 0 unspecified atom stereocenters.